The van der Waals surface area contributed by atoms with Crippen molar-refractivity contribution >= 4 is 33.4 Å². The van der Waals surface area contributed by atoms with Crippen LogP contribution in [-0.2, 0) is 19.6 Å². The number of anilines is 1. The summed E-state index contributed by atoms with van der Waals surface area (Å²) in [5.41, 5.74) is 3.14. The molecular formula is C22H24N4O4S. The number of carbonyl (C=O) groups is 2. The number of aryl methyl sites for hydroxylation is 2. The van der Waals surface area contributed by atoms with Crippen LogP contribution >= 0.6 is 0 Å². The molecule has 31 heavy (non-hydrogen) atoms. The molecule has 2 heterocycles. The van der Waals surface area contributed by atoms with E-state index < -0.39 is 16.1 Å². The molecule has 9 heteroatoms. The topological polar surface area (TPSA) is 108 Å². The van der Waals surface area contributed by atoms with Gasteiger partial charge in [-0.15, -0.1) is 4.40 Å². The second kappa shape index (κ2) is 8.14. The molecule has 1 fully saturated rings. The first-order chi connectivity index (χ1) is 14.8. The lowest BCUT2D eigenvalue weighted by atomic mass is 10.1. The minimum atomic E-state index is -3.76. The maximum atomic E-state index is 12.8. The fraction of sp³-hybridized carbons (Fsp3) is 0.318. The van der Waals surface area contributed by atoms with Crippen molar-refractivity contribution in [3.63, 3.8) is 0 Å². The van der Waals surface area contributed by atoms with E-state index in [1.807, 2.05) is 32.0 Å². The maximum absolute atomic E-state index is 12.8. The third kappa shape index (κ3) is 4.05. The highest BCUT2D eigenvalue weighted by Crippen LogP contribution is 2.31. The summed E-state index contributed by atoms with van der Waals surface area (Å²) in [7, 11) is -3.76. The number of amides is 2. The number of likely N-dealkylation sites (tertiary alicyclic amines) is 1. The van der Waals surface area contributed by atoms with Gasteiger partial charge in [0.2, 0.25) is 11.8 Å². The van der Waals surface area contributed by atoms with Crippen molar-refractivity contribution in [2.24, 2.45) is 4.40 Å². The van der Waals surface area contributed by atoms with Crippen molar-refractivity contribution < 1.29 is 18.0 Å². The molecule has 2 amide bonds. The molecule has 2 aromatic carbocycles. The van der Waals surface area contributed by atoms with Gasteiger partial charge in [-0.1, -0.05) is 30.3 Å². The van der Waals surface area contributed by atoms with Gasteiger partial charge in [-0.25, -0.2) is 0 Å². The SMILES string of the molecule is Cc1cccc(C)c1NC(=O)CNC(=O)[C@@H]1CCCN1C1=NS(=O)(=O)c2ccccc21. The molecule has 2 aliphatic heterocycles. The summed E-state index contributed by atoms with van der Waals surface area (Å²) in [6.45, 7) is 4.17. The monoisotopic (exact) mass is 440 g/mol. The second-order valence-corrected chi connectivity index (χ2v) is 9.34. The minimum Gasteiger partial charge on any atom is -0.345 e. The van der Waals surface area contributed by atoms with Crippen molar-refractivity contribution in [3.8, 4) is 0 Å². The summed E-state index contributed by atoms with van der Waals surface area (Å²) >= 11 is 0. The molecule has 0 saturated carbocycles. The Labute approximate surface area is 181 Å². The summed E-state index contributed by atoms with van der Waals surface area (Å²) in [5.74, 6) is -0.340. The van der Waals surface area contributed by atoms with Gasteiger partial charge in [0.05, 0.1) is 6.54 Å². The van der Waals surface area contributed by atoms with Crippen LogP contribution in [0.1, 0.15) is 29.5 Å². The number of amidine groups is 1. The van der Waals surface area contributed by atoms with Gasteiger partial charge in [0, 0.05) is 17.8 Å². The molecule has 2 N–H and O–H groups in total. The number of nitrogens with one attached hydrogen (secondary N) is 2. The number of benzene rings is 2. The highest BCUT2D eigenvalue weighted by Gasteiger charge is 2.39. The van der Waals surface area contributed by atoms with Crippen molar-refractivity contribution in [1.29, 1.82) is 0 Å². The number of hydrogen-bond donors (Lipinski definition) is 2. The van der Waals surface area contributed by atoms with E-state index in [9.17, 15) is 18.0 Å². The average molecular weight is 441 g/mol. The minimum absolute atomic E-state index is 0.157. The Morgan fingerprint density at radius 1 is 1.10 bits per heavy atom. The van der Waals surface area contributed by atoms with Gasteiger partial charge >= 0.3 is 0 Å². The second-order valence-electron chi connectivity index (χ2n) is 7.77. The van der Waals surface area contributed by atoms with Crippen molar-refractivity contribution in [2.45, 2.75) is 37.6 Å². The van der Waals surface area contributed by atoms with Crippen LogP contribution in [0.5, 0.6) is 0 Å². The van der Waals surface area contributed by atoms with Crippen LogP contribution in [-0.4, -0.2) is 50.1 Å². The third-order valence-electron chi connectivity index (χ3n) is 5.61. The Balaban J connectivity index is 1.44. The molecule has 0 aliphatic carbocycles. The number of carbonyl (C=O) groups excluding carboxylic acids is 2. The van der Waals surface area contributed by atoms with Gasteiger partial charge in [-0.05, 0) is 49.9 Å². The number of fused-ring (bicyclic) bond motifs is 1. The first-order valence-electron chi connectivity index (χ1n) is 10.1. The van der Waals surface area contributed by atoms with Gasteiger partial charge in [0.15, 0.2) is 5.84 Å². The van der Waals surface area contributed by atoms with Crippen LogP contribution in [0.2, 0.25) is 0 Å². The largest absolute Gasteiger partial charge is 0.345 e. The van der Waals surface area contributed by atoms with Gasteiger partial charge in [-0.3, -0.25) is 9.59 Å². The quantitative estimate of drug-likeness (QED) is 0.756. The molecule has 0 radical (unpaired) electrons. The molecule has 8 nitrogen and oxygen atoms in total. The zero-order chi connectivity index (χ0) is 22.2. The average Bonchev–Trinajstić information content (AvgIpc) is 3.32. The molecular weight excluding hydrogens is 416 g/mol. The van der Waals surface area contributed by atoms with E-state index in [1.165, 1.54) is 6.07 Å². The van der Waals surface area contributed by atoms with Gasteiger partial charge in [0.1, 0.15) is 10.9 Å². The van der Waals surface area contributed by atoms with Gasteiger partial charge in [0.25, 0.3) is 10.0 Å². The zero-order valence-corrected chi connectivity index (χ0v) is 18.2. The van der Waals surface area contributed by atoms with Crippen LogP contribution in [0, 0.1) is 13.8 Å². The highest BCUT2D eigenvalue weighted by molar-refractivity contribution is 7.90. The molecule has 0 bridgehead atoms. The van der Waals surface area contributed by atoms with E-state index in [1.54, 1.807) is 23.1 Å². The van der Waals surface area contributed by atoms with E-state index in [0.29, 0.717) is 24.4 Å². The van der Waals surface area contributed by atoms with Crippen molar-refractivity contribution in [2.75, 3.05) is 18.4 Å². The summed E-state index contributed by atoms with van der Waals surface area (Å²) < 4.78 is 28.7. The van der Waals surface area contributed by atoms with E-state index in [2.05, 4.69) is 15.0 Å². The van der Waals surface area contributed by atoms with Crippen LogP contribution in [0.3, 0.4) is 0 Å². The highest BCUT2D eigenvalue weighted by atomic mass is 32.2. The fourth-order valence-corrected chi connectivity index (χ4v) is 5.29. The van der Waals surface area contributed by atoms with Crippen molar-refractivity contribution in [3.05, 3.63) is 59.2 Å². The standard InChI is InChI=1S/C22H24N4O4S/c1-14-7-5-8-15(2)20(14)24-19(27)13-23-22(28)17-10-6-12-26(17)21-16-9-3-4-11-18(16)31(29,30)25-21/h3-5,7-9,11,17H,6,10,12-13H2,1-2H3,(H,23,28)(H,24,27)/t17-/m0/s1. The first kappa shape index (κ1) is 21.0. The van der Waals surface area contributed by atoms with Gasteiger partial charge < -0.3 is 15.5 Å². The fourth-order valence-electron chi connectivity index (χ4n) is 4.07. The Bertz CT molecular complexity index is 1170. The molecule has 0 aromatic heterocycles. The van der Waals surface area contributed by atoms with E-state index in [0.717, 1.165) is 23.2 Å². The number of sulfonamides is 1. The smallest absolute Gasteiger partial charge is 0.285 e. The molecule has 162 valence electrons. The Hall–Kier alpha value is -3.20. The molecule has 0 spiro atoms. The number of rotatable bonds is 4. The Morgan fingerprint density at radius 3 is 2.55 bits per heavy atom. The lowest BCUT2D eigenvalue weighted by Crippen LogP contribution is -2.47. The van der Waals surface area contributed by atoms with Crippen LogP contribution in [0.15, 0.2) is 51.8 Å². The van der Waals surface area contributed by atoms with Gasteiger partial charge in [-0.2, -0.15) is 8.42 Å². The van der Waals surface area contributed by atoms with Crippen LogP contribution in [0.4, 0.5) is 5.69 Å². The number of para-hydroxylation sites is 1. The van der Waals surface area contributed by atoms with Crippen LogP contribution in [0.25, 0.3) is 0 Å². The predicted octanol–water partition coefficient (Wildman–Crippen LogP) is 1.97. The van der Waals surface area contributed by atoms with E-state index >= 15 is 0 Å². The lowest BCUT2D eigenvalue weighted by molar-refractivity contribution is -0.126. The molecule has 4 rings (SSSR count). The molecule has 1 atom stereocenters. The summed E-state index contributed by atoms with van der Waals surface area (Å²) in [4.78, 5) is 27.1. The first-order valence-corrected chi connectivity index (χ1v) is 11.6. The molecule has 1 saturated heterocycles. The van der Waals surface area contributed by atoms with Crippen molar-refractivity contribution in [1.82, 2.24) is 10.2 Å². The Morgan fingerprint density at radius 2 is 1.81 bits per heavy atom. The van der Waals surface area contributed by atoms with E-state index in [-0.39, 0.29) is 23.3 Å². The van der Waals surface area contributed by atoms with E-state index in [4.69, 9.17) is 0 Å². The normalized spacial score (nSPS) is 19.0. The molecule has 2 aliphatic rings. The molecule has 0 unspecified atom stereocenters. The summed E-state index contributed by atoms with van der Waals surface area (Å²) in [5, 5.41) is 5.53. The Kier molecular flexibility index (Phi) is 5.53. The summed E-state index contributed by atoms with van der Waals surface area (Å²) in [6.07, 6.45) is 1.29. The zero-order valence-electron chi connectivity index (χ0n) is 17.4. The number of nitrogens with zero attached hydrogens (tertiary/aromatic N) is 2. The lowest BCUT2D eigenvalue weighted by Gasteiger charge is -2.25. The number of hydrogen-bond acceptors (Lipinski definition) is 5. The van der Waals surface area contributed by atoms with Crippen LogP contribution < -0.4 is 10.6 Å². The summed E-state index contributed by atoms with van der Waals surface area (Å²) in [6, 6.07) is 11.8. The maximum Gasteiger partial charge on any atom is 0.285 e. The predicted molar refractivity (Wildman–Crippen MR) is 117 cm³/mol. The third-order valence-corrected chi connectivity index (χ3v) is 6.93. The molecule has 2 aromatic rings.